The minimum absolute atomic E-state index is 0. The smallest absolute Gasteiger partial charge is 0.226 e. The third-order valence-electron chi connectivity index (χ3n) is 3.06. The molecule has 0 aliphatic carbocycles. The molecule has 1 aromatic rings. The lowest BCUT2D eigenvalue weighted by atomic mass is 10.1. The quantitative estimate of drug-likeness (QED) is 0.794. The van der Waals surface area contributed by atoms with Gasteiger partial charge in [-0.25, -0.2) is 0 Å². The Morgan fingerprint density at radius 1 is 1.29 bits per heavy atom. The largest absolute Gasteiger partial charge is 0.497 e. The molecule has 6 heteroatoms. The number of methoxy groups -OCH3 is 1. The Labute approximate surface area is 133 Å². The van der Waals surface area contributed by atoms with Gasteiger partial charge in [-0.1, -0.05) is 6.92 Å². The van der Waals surface area contributed by atoms with Gasteiger partial charge in [0, 0.05) is 19.5 Å². The molecule has 0 radical (unpaired) electrons. The minimum atomic E-state index is -0.0222. The molecule has 0 spiro atoms. The number of hydrogen-bond donors (Lipinski definition) is 1. The maximum atomic E-state index is 12.0. The Bertz CT molecular complexity index is 412. The van der Waals surface area contributed by atoms with Crippen LogP contribution >= 0.6 is 12.4 Å². The molecule has 0 bridgehead atoms. The number of benzene rings is 1. The molecule has 21 heavy (non-hydrogen) atoms. The van der Waals surface area contributed by atoms with E-state index in [4.69, 9.17) is 9.47 Å². The van der Waals surface area contributed by atoms with Crippen molar-refractivity contribution in [3.8, 4) is 11.5 Å². The van der Waals surface area contributed by atoms with Crippen molar-refractivity contribution in [3.05, 3.63) is 24.3 Å². The number of amides is 1. The topological polar surface area (TPSA) is 50.8 Å². The number of nitrogens with one attached hydrogen (secondary N) is 1. The van der Waals surface area contributed by atoms with E-state index in [9.17, 15) is 4.79 Å². The van der Waals surface area contributed by atoms with Crippen LogP contribution in [0.2, 0.25) is 0 Å². The normalized spacial score (nSPS) is 11.2. The molecule has 0 heterocycles. The molecule has 0 aliphatic heterocycles. The number of likely N-dealkylation sites (N-methyl/N-ethyl adjacent to an activating group) is 1. The summed E-state index contributed by atoms with van der Waals surface area (Å²) in [5, 5.41) is 3.01. The summed E-state index contributed by atoms with van der Waals surface area (Å²) in [5.41, 5.74) is 0. The molecule has 0 aliphatic rings. The minimum Gasteiger partial charge on any atom is -0.497 e. The summed E-state index contributed by atoms with van der Waals surface area (Å²) in [4.78, 5) is 13.7. The maximum absolute atomic E-state index is 12.0. The molecule has 0 saturated carbocycles. The molecule has 1 aromatic carbocycles. The van der Waals surface area contributed by atoms with Gasteiger partial charge in [-0.2, -0.15) is 0 Å². The molecule has 0 fully saturated rings. The van der Waals surface area contributed by atoms with E-state index in [0.29, 0.717) is 19.7 Å². The van der Waals surface area contributed by atoms with E-state index in [1.807, 2.05) is 38.2 Å². The zero-order valence-electron chi connectivity index (χ0n) is 13.1. The molecule has 1 atom stereocenters. The second-order valence-electron chi connectivity index (χ2n) is 4.74. The average molecular weight is 317 g/mol. The Kier molecular flexibility index (Phi) is 9.58. The summed E-state index contributed by atoms with van der Waals surface area (Å²) in [6, 6.07) is 7.40. The van der Waals surface area contributed by atoms with Crippen LogP contribution in [0.5, 0.6) is 11.5 Å². The fraction of sp³-hybridized carbons (Fsp3) is 0.533. The highest BCUT2D eigenvalue weighted by Gasteiger charge is 2.16. The van der Waals surface area contributed by atoms with Gasteiger partial charge < -0.3 is 19.7 Å². The summed E-state index contributed by atoms with van der Waals surface area (Å²) in [5.74, 6) is 1.67. The third kappa shape index (κ3) is 6.69. The zero-order chi connectivity index (χ0) is 15.0. The summed E-state index contributed by atoms with van der Waals surface area (Å²) in [6.07, 6.45) is 0. The molecule has 1 amide bonds. The second-order valence-corrected chi connectivity index (χ2v) is 4.74. The van der Waals surface area contributed by atoms with Gasteiger partial charge in [0.05, 0.1) is 13.7 Å². The molecular formula is C15H25ClN2O3. The van der Waals surface area contributed by atoms with Crippen LogP contribution in [0, 0.1) is 5.92 Å². The van der Waals surface area contributed by atoms with Gasteiger partial charge in [0.15, 0.2) is 0 Å². The number of carbonyl (C=O) groups excluding carboxylic acids is 1. The van der Waals surface area contributed by atoms with Gasteiger partial charge in [-0.05, 0) is 31.3 Å². The van der Waals surface area contributed by atoms with E-state index in [1.54, 1.807) is 19.1 Å². The van der Waals surface area contributed by atoms with Crippen molar-refractivity contribution in [2.75, 3.05) is 40.9 Å². The van der Waals surface area contributed by atoms with Crippen molar-refractivity contribution in [1.82, 2.24) is 10.2 Å². The van der Waals surface area contributed by atoms with Crippen LogP contribution in [0.25, 0.3) is 0 Å². The van der Waals surface area contributed by atoms with E-state index in [1.165, 1.54) is 0 Å². The molecular weight excluding hydrogens is 292 g/mol. The van der Waals surface area contributed by atoms with Crippen LogP contribution in [0.1, 0.15) is 6.92 Å². The van der Waals surface area contributed by atoms with Crippen LogP contribution in [-0.4, -0.2) is 51.7 Å². The number of ether oxygens (including phenoxy) is 2. The van der Waals surface area contributed by atoms with Crippen molar-refractivity contribution in [1.29, 1.82) is 0 Å². The Morgan fingerprint density at radius 2 is 1.86 bits per heavy atom. The molecule has 0 aromatic heterocycles. The van der Waals surface area contributed by atoms with Crippen LogP contribution in [0.4, 0.5) is 0 Å². The maximum Gasteiger partial charge on any atom is 0.226 e. The monoisotopic (exact) mass is 316 g/mol. The lowest BCUT2D eigenvalue weighted by Gasteiger charge is -2.21. The second kappa shape index (κ2) is 10.3. The van der Waals surface area contributed by atoms with Crippen molar-refractivity contribution in [2.45, 2.75) is 6.92 Å². The predicted molar refractivity (Wildman–Crippen MR) is 86.5 cm³/mol. The van der Waals surface area contributed by atoms with E-state index in [2.05, 4.69) is 5.32 Å². The van der Waals surface area contributed by atoms with Crippen LogP contribution < -0.4 is 14.8 Å². The van der Waals surface area contributed by atoms with E-state index in [-0.39, 0.29) is 24.2 Å². The van der Waals surface area contributed by atoms with Crippen molar-refractivity contribution in [2.24, 2.45) is 5.92 Å². The lowest BCUT2D eigenvalue weighted by molar-refractivity contribution is -0.133. The highest BCUT2D eigenvalue weighted by atomic mass is 35.5. The van der Waals surface area contributed by atoms with E-state index >= 15 is 0 Å². The molecule has 1 rings (SSSR count). The first-order valence-corrected chi connectivity index (χ1v) is 6.75. The third-order valence-corrected chi connectivity index (χ3v) is 3.06. The van der Waals surface area contributed by atoms with Gasteiger partial charge in [-0.15, -0.1) is 12.4 Å². The number of nitrogens with zero attached hydrogens (tertiary/aromatic N) is 1. The standard InChI is InChI=1S/C15H24N2O3.ClH/c1-12(11-16-2)15(18)17(3)9-10-20-14-7-5-13(19-4)6-8-14;/h5-8,12,16H,9-11H2,1-4H3;1H. The molecule has 0 saturated heterocycles. The van der Waals surface area contributed by atoms with Gasteiger partial charge >= 0.3 is 0 Å². The van der Waals surface area contributed by atoms with Gasteiger partial charge in [0.2, 0.25) is 5.91 Å². The fourth-order valence-corrected chi connectivity index (χ4v) is 1.85. The van der Waals surface area contributed by atoms with Crippen molar-refractivity contribution >= 4 is 18.3 Å². The summed E-state index contributed by atoms with van der Waals surface area (Å²) in [6.45, 7) is 3.64. The Morgan fingerprint density at radius 3 is 2.38 bits per heavy atom. The van der Waals surface area contributed by atoms with Crippen LogP contribution in [0.3, 0.4) is 0 Å². The summed E-state index contributed by atoms with van der Waals surface area (Å²) < 4.78 is 10.7. The van der Waals surface area contributed by atoms with Gasteiger partial charge in [-0.3, -0.25) is 4.79 Å². The van der Waals surface area contributed by atoms with Crippen LogP contribution in [-0.2, 0) is 4.79 Å². The first-order chi connectivity index (χ1) is 9.58. The molecule has 1 unspecified atom stereocenters. The van der Waals surface area contributed by atoms with Crippen molar-refractivity contribution < 1.29 is 14.3 Å². The van der Waals surface area contributed by atoms with E-state index < -0.39 is 0 Å². The van der Waals surface area contributed by atoms with Crippen LogP contribution in [0.15, 0.2) is 24.3 Å². The number of halogens is 1. The SMILES string of the molecule is CNCC(C)C(=O)N(C)CCOc1ccc(OC)cc1.Cl. The number of rotatable bonds is 8. The van der Waals surface area contributed by atoms with Crippen molar-refractivity contribution in [3.63, 3.8) is 0 Å². The first-order valence-electron chi connectivity index (χ1n) is 6.75. The van der Waals surface area contributed by atoms with Gasteiger partial charge in [0.25, 0.3) is 0 Å². The number of hydrogen-bond acceptors (Lipinski definition) is 4. The highest BCUT2D eigenvalue weighted by molar-refractivity contribution is 5.85. The summed E-state index contributed by atoms with van der Waals surface area (Å²) in [7, 11) is 5.27. The Balaban J connectivity index is 0.00000400. The van der Waals surface area contributed by atoms with Gasteiger partial charge in [0.1, 0.15) is 18.1 Å². The Hall–Kier alpha value is -1.46. The summed E-state index contributed by atoms with van der Waals surface area (Å²) >= 11 is 0. The number of carbonyl (C=O) groups is 1. The fourth-order valence-electron chi connectivity index (χ4n) is 1.85. The lowest BCUT2D eigenvalue weighted by Crippen LogP contribution is -2.38. The molecule has 120 valence electrons. The highest BCUT2D eigenvalue weighted by Crippen LogP contribution is 2.16. The molecule has 5 nitrogen and oxygen atoms in total. The first kappa shape index (κ1) is 19.5. The zero-order valence-corrected chi connectivity index (χ0v) is 13.9. The predicted octanol–water partition coefficient (Wildman–Crippen LogP) is 1.81. The van der Waals surface area contributed by atoms with E-state index in [0.717, 1.165) is 11.5 Å². The molecule has 1 N–H and O–H groups in total. The average Bonchev–Trinajstić information content (AvgIpc) is 2.47.